The molecule has 2 rings (SSSR count). The van der Waals surface area contributed by atoms with Gasteiger partial charge in [-0.3, -0.25) is 19.5 Å². The summed E-state index contributed by atoms with van der Waals surface area (Å²) in [4.78, 5) is 33.4. The maximum Gasteiger partial charge on any atom is 0.326 e. The zero-order chi connectivity index (χ0) is 16.8. The summed E-state index contributed by atoms with van der Waals surface area (Å²) in [5.41, 5.74) is 1.06. The number of hydrogen-bond acceptors (Lipinski definition) is 5. The molecule has 1 amide bonds. The Labute approximate surface area is 132 Å². The van der Waals surface area contributed by atoms with E-state index in [9.17, 15) is 14.0 Å². The van der Waals surface area contributed by atoms with E-state index in [1.807, 2.05) is 0 Å². The fourth-order valence-corrected chi connectivity index (χ4v) is 1.87. The van der Waals surface area contributed by atoms with Crippen molar-refractivity contribution in [1.82, 2.24) is 9.97 Å². The second kappa shape index (κ2) is 7.44. The Morgan fingerprint density at radius 2 is 1.96 bits per heavy atom. The van der Waals surface area contributed by atoms with Gasteiger partial charge in [-0.15, -0.1) is 0 Å². The van der Waals surface area contributed by atoms with Crippen LogP contribution in [-0.4, -0.2) is 35.0 Å². The number of esters is 1. The number of aryl methyl sites for hydroxylation is 1. The normalized spacial score (nSPS) is 10.2. The molecular weight excluding hydrogens is 301 g/mol. The van der Waals surface area contributed by atoms with E-state index in [2.05, 4.69) is 9.97 Å². The standard InChI is InChI=1S/C16H16FN3O3/c1-3-23-15(21)10-20(14-7-6-13(17)9-19-14)16(22)12-5-4-11(2)18-8-12/h4-9H,3,10H2,1-2H3. The Morgan fingerprint density at radius 3 is 2.52 bits per heavy atom. The van der Waals surface area contributed by atoms with E-state index in [1.54, 1.807) is 26.0 Å². The van der Waals surface area contributed by atoms with Gasteiger partial charge in [-0.05, 0) is 38.1 Å². The number of amides is 1. The Morgan fingerprint density at radius 1 is 1.17 bits per heavy atom. The van der Waals surface area contributed by atoms with Gasteiger partial charge >= 0.3 is 5.97 Å². The number of hydrogen-bond donors (Lipinski definition) is 0. The molecular formula is C16H16FN3O3. The maximum atomic E-state index is 13.0. The van der Waals surface area contributed by atoms with Crippen LogP contribution in [0.15, 0.2) is 36.7 Å². The van der Waals surface area contributed by atoms with Crippen LogP contribution < -0.4 is 4.90 Å². The topological polar surface area (TPSA) is 72.4 Å². The van der Waals surface area contributed by atoms with E-state index >= 15 is 0 Å². The van der Waals surface area contributed by atoms with E-state index in [-0.39, 0.29) is 19.0 Å². The largest absolute Gasteiger partial charge is 0.465 e. The summed E-state index contributed by atoms with van der Waals surface area (Å²) in [6, 6.07) is 5.79. The molecule has 0 bridgehead atoms. The Hall–Kier alpha value is -2.83. The molecule has 23 heavy (non-hydrogen) atoms. The number of nitrogens with zero attached hydrogens (tertiary/aromatic N) is 3. The first-order chi connectivity index (χ1) is 11.0. The lowest BCUT2D eigenvalue weighted by atomic mass is 10.2. The maximum absolute atomic E-state index is 13.0. The third-order valence-electron chi connectivity index (χ3n) is 2.98. The monoisotopic (exact) mass is 317 g/mol. The molecule has 0 saturated carbocycles. The molecule has 0 fully saturated rings. The van der Waals surface area contributed by atoms with Crippen LogP contribution in [0, 0.1) is 12.7 Å². The molecule has 0 unspecified atom stereocenters. The Bertz CT molecular complexity index is 687. The second-order valence-corrected chi connectivity index (χ2v) is 4.72. The number of rotatable bonds is 5. The molecule has 0 N–H and O–H groups in total. The van der Waals surface area contributed by atoms with Crippen molar-refractivity contribution >= 4 is 17.7 Å². The molecule has 0 saturated heterocycles. The van der Waals surface area contributed by atoms with E-state index < -0.39 is 17.7 Å². The minimum Gasteiger partial charge on any atom is -0.465 e. The van der Waals surface area contributed by atoms with Gasteiger partial charge in [0.2, 0.25) is 0 Å². The highest BCUT2D eigenvalue weighted by atomic mass is 19.1. The van der Waals surface area contributed by atoms with Gasteiger partial charge in [0.05, 0.1) is 18.4 Å². The molecule has 0 aromatic carbocycles. The van der Waals surface area contributed by atoms with E-state index in [4.69, 9.17) is 4.74 Å². The van der Waals surface area contributed by atoms with Crippen LogP contribution in [0.25, 0.3) is 0 Å². The summed E-state index contributed by atoms with van der Waals surface area (Å²) in [6.07, 6.45) is 2.40. The third kappa shape index (κ3) is 4.32. The minimum absolute atomic E-state index is 0.157. The summed E-state index contributed by atoms with van der Waals surface area (Å²) in [5, 5.41) is 0. The highest BCUT2D eigenvalue weighted by Gasteiger charge is 2.22. The number of ether oxygens (including phenoxy) is 1. The predicted octanol–water partition coefficient (Wildman–Crippen LogP) is 2.13. The van der Waals surface area contributed by atoms with Crippen LogP contribution in [0.2, 0.25) is 0 Å². The Kier molecular flexibility index (Phi) is 5.35. The van der Waals surface area contributed by atoms with Crippen LogP contribution >= 0.6 is 0 Å². The fourth-order valence-electron chi connectivity index (χ4n) is 1.87. The number of aromatic nitrogens is 2. The lowest BCUT2D eigenvalue weighted by Gasteiger charge is -2.20. The third-order valence-corrected chi connectivity index (χ3v) is 2.98. The van der Waals surface area contributed by atoms with E-state index in [0.29, 0.717) is 5.56 Å². The highest BCUT2D eigenvalue weighted by Crippen LogP contribution is 2.15. The summed E-state index contributed by atoms with van der Waals surface area (Å²) < 4.78 is 17.9. The quantitative estimate of drug-likeness (QED) is 0.790. The van der Waals surface area contributed by atoms with Crippen LogP contribution in [0.1, 0.15) is 23.0 Å². The summed E-state index contributed by atoms with van der Waals surface area (Å²) in [5.74, 6) is -1.42. The van der Waals surface area contributed by atoms with Gasteiger partial charge in [0, 0.05) is 11.9 Å². The van der Waals surface area contributed by atoms with Gasteiger partial charge in [-0.1, -0.05) is 0 Å². The van der Waals surface area contributed by atoms with Gasteiger partial charge in [0.1, 0.15) is 18.2 Å². The number of halogens is 1. The molecule has 120 valence electrons. The molecule has 0 spiro atoms. The molecule has 0 atom stereocenters. The van der Waals surface area contributed by atoms with Crippen LogP contribution in [-0.2, 0) is 9.53 Å². The summed E-state index contributed by atoms with van der Waals surface area (Å²) in [7, 11) is 0. The van der Waals surface area contributed by atoms with Crippen molar-refractivity contribution in [2.75, 3.05) is 18.1 Å². The van der Waals surface area contributed by atoms with Crippen LogP contribution in [0.5, 0.6) is 0 Å². The lowest BCUT2D eigenvalue weighted by molar-refractivity contribution is -0.141. The van der Waals surface area contributed by atoms with Crippen molar-refractivity contribution in [1.29, 1.82) is 0 Å². The molecule has 7 heteroatoms. The molecule has 2 aromatic heterocycles. The average Bonchev–Trinajstić information content (AvgIpc) is 2.54. The van der Waals surface area contributed by atoms with Crippen LogP contribution in [0.4, 0.5) is 10.2 Å². The predicted molar refractivity (Wildman–Crippen MR) is 81.5 cm³/mol. The number of carbonyl (C=O) groups is 2. The van der Waals surface area contributed by atoms with Crippen molar-refractivity contribution in [3.05, 3.63) is 53.7 Å². The Balaban J connectivity index is 2.31. The van der Waals surface area contributed by atoms with Crippen molar-refractivity contribution in [2.45, 2.75) is 13.8 Å². The molecule has 0 radical (unpaired) electrons. The van der Waals surface area contributed by atoms with Crippen molar-refractivity contribution in [3.63, 3.8) is 0 Å². The van der Waals surface area contributed by atoms with E-state index in [0.717, 1.165) is 16.8 Å². The fraction of sp³-hybridized carbons (Fsp3) is 0.250. The van der Waals surface area contributed by atoms with Gasteiger partial charge in [-0.2, -0.15) is 0 Å². The molecule has 0 aliphatic rings. The lowest BCUT2D eigenvalue weighted by Crippen LogP contribution is -2.37. The second-order valence-electron chi connectivity index (χ2n) is 4.72. The molecule has 0 aliphatic heterocycles. The molecule has 6 nitrogen and oxygen atoms in total. The first-order valence-corrected chi connectivity index (χ1v) is 7.03. The van der Waals surface area contributed by atoms with Crippen molar-refractivity contribution in [3.8, 4) is 0 Å². The minimum atomic E-state index is -0.577. The number of carbonyl (C=O) groups excluding carboxylic acids is 2. The molecule has 0 aliphatic carbocycles. The summed E-state index contributed by atoms with van der Waals surface area (Å²) >= 11 is 0. The smallest absolute Gasteiger partial charge is 0.326 e. The van der Waals surface area contributed by atoms with Gasteiger partial charge < -0.3 is 4.74 Å². The van der Waals surface area contributed by atoms with Crippen molar-refractivity contribution in [2.24, 2.45) is 0 Å². The van der Waals surface area contributed by atoms with Gasteiger partial charge in [0.25, 0.3) is 5.91 Å². The first kappa shape index (κ1) is 16.5. The number of anilines is 1. The number of pyridine rings is 2. The SMILES string of the molecule is CCOC(=O)CN(C(=O)c1ccc(C)nc1)c1ccc(F)cn1. The molecule has 2 heterocycles. The van der Waals surface area contributed by atoms with Crippen LogP contribution in [0.3, 0.4) is 0 Å². The zero-order valence-corrected chi connectivity index (χ0v) is 12.8. The highest BCUT2D eigenvalue weighted by molar-refractivity contribution is 6.07. The average molecular weight is 317 g/mol. The summed E-state index contributed by atoms with van der Waals surface area (Å²) in [6.45, 7) is 3.35. The van der Waals surface area contributed by atoms with E-state index in [1.165, 1.54) is 18.3 Å². The van der Waals surface area contributed by atoms with Gasteiger partial charge in [0.15, 0.2) is 0 Å². The van der Waals surface area contributed by atoms with Crippen molar-refractivity contribution < 1.29 is 18.7 Å². The zero-order valence-electron chi connectivity index (χ0n) is 12.8. The molecule has 2 aromatic rings. The first-order valence-electron chi connectivity index (χ1n) is 7.03. The van der Waals surface area contributed by atoms with Gasteiger partial charge in [-0.25, -0.2) is 9.37 Å².